The Morgan fingerprint density at radius 3 is 3.00 bits per heavy atom. The minimum atomic E-state index is -0.192. The number of imidazole rings is 1. The van der Waals surface area contributed by atoms with Crippen molar-refractivity contribution in [2.45, 2.75) is 39.4 Å². The lowest BCUT2D eigenvalue weighted by atomic mass is 10.1. The third-order valence-electron chi connectivity index (χ3n) is 3.20. The minimum absolute atomic E-state index is 0.112. The van der Waals surface area contributed by atoms with E-state index in [1.165, 1.54) is 6.07 Å². The average molecular weight is 261 g/mol. The number of nitrogens with zero attached hydrogens (tertiary/aromatic N) is 2. The molecule has 1 aromatic carbocycles. The standard InChI is InChI=1S/C15H20FN3/c1-3-7-19-11-17-9-15(19)10-18-12(2)13-5-4-6-14(16)8-13/h4-6,8-9,11-12,18H,3,7,10H2,1-2H3. The Hall–Kier alpha value is -1.68. The van der Waals surface area contributed by atoms with Gasteiger partial charge in [0.15, 0.2) is 0 Å². The number of benzene rings is 1. The van der Waals surface area contributed by atoms with E-state index in [0.29, 0.717) is 0 Å². The molecule has 0 bridgehead atoms. The number of rotatable bonds is 6. The van der Waals surface area contributed by atoms with E-state index in [1.54, 1.807) is 12.1 Å². The maximum Gasteiger partial charge on any atom is 0.123 e. The van der Waals surface area contributed by atoms with Crippen LogP contribution in [0.25, 0.3) is 0 Å². The maximum absolute atomic E-state index is 13.2. The van der Waals surface area contributed by atoms with Gasteiger partial charge in [-0.3, -0.25) is 0 Å². The van der Waals surface area contributed by atoms with E-state index in [1.807, 2.05) is 25.5 Å². The second-order valence-electron chi connectivity index (χ2n) is 4.74. The van der Waals surface area contributed by atoms with Crippen molar-refractivity contribution in [3.63, 3.8) is 0 Å². The number of hydrogen-bond donors (Lipinski definition) is 1. The molecule has 2 aromatic rings. The zero-order valence-corrected chi connectivity index (χ0v) is 11.4. The van der Waals surface area contributed by atoms with Gasteiger partial charge in [0.05, 0.1) is 12.0 Å². The Bertz CT molecular complexity index is 522. The van der Waals surface area contributed by atoms with E-state index >= 15 is 0 Å². The highest BCUT2D eigenvalue weighted by molar-refractivity contribution is 5.19. The third-order valence-corrected chi connectivity index (χ3v) is 3.20. The van der Waals surface area contributed by atoms with E-state index in [2.05, 4.69) is 21.8 Å². The van der Waals surface area contributed by atoms with Crippen LogP contribution in [0.1, 0.15) is 37.6 Å². The van der Waals surface area contributed by atoms with Crippen LogP contribution in [0.15, 0.2) is 36.8 Å². The van der Waals surface area contributed by atoms with Crippen molar-refractivity contribution in [2.75, 3.05) is 0 Å². The molecule has 0 saturated heterocycles. The lowest BCUT2D eigenvalue weighted by Gasteiger charge is -2.15. The predicted molar refractivity (Wildman–Crippen MR) is 74.2 cm³/mol. The number of aryl methyl sites for hydroxylation is 1. The van der Waals surface area contributed by atoms with Gasteiger partial charge in [-0.25, -0.2) is 9.37 Å². The number of aromatic nitrogens is 2. The molecule has 1 N–H and O–H groups in total. The molecule has 0 aliphatic carbocycles. The summed E-state index contributed by atoms with van der Waals surface area (Å²) < 4.78 is 15.3. The SMILES string of the molecule is CCCn1cncc1CNC(C)c1cccc(F)c1. The molecule has 4 heteroatoms. The van der Waals surface area contributed by atoms with Gasteiger partial charge >= 0.3 is 0 Å². The summed E-state index contributed by atoms with van der Waals surface area (Å²) >= 11 is 0. The molecule has 1 atom stereocenters. The van der Waals surface area contributed by atoms with Crippen LogP contribution in [0.2, 0.25) is 0 Å². The van der Waals surface area contributed by atoms with Crippen LogP contribution in [0.3, 0.4) is 0 Å². The molecule has 0 fully saturated rings. The molecule has 1 heterocycles. The molecule has 0 amide bonds. The maximum atomic E-state index is 13.2. The van der Waals surface area contributed by atoms with Gasteiger partial charge < -0.3 is 9.88 Å². The highest BCUT2D eigenvalue weighted by Crippen LogP contribution is 2.14. The van der Waals surface area contributed by atoms with E-state index in [9.17, 15) is 4.39 Å². The highest BCUT2D eigenvalue weighted by Gasteiger charge is 2.07. The molecule has 0 aliphatic rings. The normalized spacial score (nSPS) is 12.6. The zero-order chi connectivity index (χ0) is 13.7. The van der Waals surface area contributed by atoms with Crippen molar-refractivity contribution in [1.82, 2.24) is 14.9 Å². The fourth-order valence-corrected chi connectivity index (χ4v) is 2.09. The van der Waals surface area contributed by atoms with Crippen LogP contribution >= 0.6 is 0 Å². The molecule has 0 aliphatic heterocycles. The second-order valence-corrected chi connectivity index (χ2v) is 4.74. The summed E-state index contributed by atoms with van der Waals surface area (Å²) in [6.45, 7) is 5.89. The van der Waals surface area contributed by atoms with E-state index in [0.717, 1.165) is 30.8 Å². The van der Waals surface area contributed by atoms with Gasteiger partial charge in [-0.15, -0.1) is 0 Å². The lowest BCUT2D eigenvalue weighted by Crippen LogP contribution is -2.20. The largest absolute Gasteiger partial charge is 0.333 e. The summed E-state index contributed by atoms with van der Waals surface area (Å²) in [5.41, 5.74) is 2.12. The van der Waals surface area contributed by atoms with Crippen molar-refractivity contribution >= 4 is 0 Å². The molecule has 0 spiro atoms. The Labute approximate surface area is 113 Å². The van der Waals surface area contributed by atoms with Gasteiger partial charge in [-0.2, -0.15) is 0 Å². The summed E-state index contributed by atoms with van der Waals surface area (Å²) in [7, 11) is 0. The summed E-state index contributed by atoms with van der Waals surface area (Å²) in [5.74, 6) is -0.192. The molecule has 19 heavy (non-hydrogen) atoms. The Kier molecular flexibility index (Phi) is 4.68. The van der Waals surface area contributed by atoms with Crippen molar-refractivity contribution < 1.29 is 4.39 Å². The molecular weight excluding hydrogens is 241 g/mol. The lowest BCUT2D eigenvalue weighted by molar-refractivity contribution is 0.537. The smallest absolute Gasteiger partial charge is 0.123 e. The molecule has 102 valence electrons. The first kappa shape index (κ1) is 13.7. The van der Waals surface area contributed by atoms with Crippen LogP contribution < -0.4 is 5.32 Å². The number of halogens is 1. The van der Waals surface area contributed by atoms with Crippen molar-refractivity contribution in [3.05, 3.63) is 53.9 Å². The van der Waals surface area contributed by atoms with E-state index in [-0.39, 0.29) is 11.9 Å². The van der Waals surface area contributed by atoms with Gasteiger partial charge in [0.25, 0.3) is 0 Å². The van der Waals surface area contributed by atoms with Crippen LogP contribution in [0.4, 0.5) is 4.39 Å². The van der Waals surface area contributed by atoms with Crippen LogP contribution in [-0.4, -0.2) is 9.55 Å². The average Bonchev–Trinajstić information content (AvgIpc) is 2.84. The van der Waals surface area contributed by atoms with Gasteiger partial charge in [0.2, 0.25) is 0 Å². The quantitative estimate of drug-likeness (QED) is 0.864. The minimum Gasteiger partial charge on any atom is -0.333 e. The van der Waals surface area contributed by atoms with Crippen molar-refractivity contribution in [3.8, 4) is 0 Å². The monoisotopic (exact) mass is 261 g/mol. The van der Waals surface area contributed by atoms with Crippen LogP contribution in [0, 0.1) is 5.82 Å². The third kappa shape index (κ3) is 3.64. The first-order valence-electron chi connectivity index (χ1n) is 6.68. The fourth-order valence-electron chi connectivity index (χ4n) is 2.09. The van der Waals surface area contributed by atoms with Gasteiger partial charge in [0, 0.05) is 25.3 Å². The van der Waals surface area contributed by atoms with Gasteiger partial charge in [-0.1, -0.05) is 19.1 Å². The summed E-state index contributed by atoms with van der Waals surface area (Å²) in [5, 5.41) is 3.40. The summed E-state index contributed by atoms with van der Waals surface area (Å²) in [6, 6.07) is 6.82. The number of nitrogens with one attached hydrogen (secondary N) is 1. The molecule has 1 unspecified atom stereocenters. The van der Waals surface area contributed by atoms with Crippen LogP contribution in [-0.2, 0) is 13.1 Å². The summed E-state index contributed by atoms with van der Waals surface area (Å²) in [6.07, 6.45) is 4.82. The molecule has 1 aromatic heterocycles. The predicted octanol–water partition coefficient (Wildman–Crippen LogP) is 3.28. The van der Waals surface area contributed by atoms with E-state index < -0.39 is 0 Å². The van der Waals surface area contributed by atoms with Gasteiger partial charge in [-0.05, 0) is 31.0 Å². The highest BCUT2D eigenvalue weighted by atomic mass is 19.1. The molecular formula is C15H20FN3. The summed E-state index contributed by atoms with van der Waals surface area (Å²) in [4.78, 5) is 4.17. The Balaban J connectivity index is 1.96. The Morgan fingerprint density at radius 2 is 2.26 bits per heavy atom. The Morgan fingerprint density at radius 1 is 1.42 bits per heavy atom. The fraction of sp³-hybridized carbons (Fsp3) is 0.400. The van der Waals surface area contributed by atoms with E-state index in [4.69, 9.17) is 0 Å². The van der Waals surface area contributed by atoms with Gasteiger partial charge in [0.1, 0.15) is 5.82 Å². The molecule has 2 rings (SSSR count). The zero-order valence-electron chi connectivity index (χ0n) is 11.4. The van der Waals surface area contributed by atoms with Crippen molar-refractivity contribution in [1.29, 1.82) is 0 Å². The number of hydrogen-bond acceptors (Lipinski definition) is 2. The first-order valence-corrected chi connectivity index (χ1v) is 6.68. The topological polar surface area (TPSA) is 29.9 Å². The second kappa shape index (κ2) is 6.48. The first-order chi connectivity index (χ1) is 9.20. The molecule has 3 nitrogen and oxygen atoms in total. The van der Waals surface area contributed by atoms with Crippen molar-refractivity contribution in [2.24, 2.45) is 0 Å². The van der Waals surface area contributed by atoms with Crippen LogP contribution in [0.5, 0.6) is 0 Å². The molecule has 0 saturated carbocycles. The molecule has 0 radical (unpaired) electrons.